The minimum atomic E-state index is 0.170. The fraction of sp³-hybridized carbons (Fsp3) is 1.00. The maximum absolute atomic E-state index is 6.22. The summed E-state index contributed by atoms with van der Waals surface area (Å²) < 4.78 is 5.63. The number of nitrogens with zero attached hydrogens (tertiary/aromatic N) is 1. The normalized spacial score (nSPS) is 29.7. The van der Waals surface area contributed by atoms with Crippen molar-refractivity contribution < 1.29 is 4.74 Å². The van der Waals surface area contributed by atoms with Crippen molar-refractivity contribution in [1.82, 2.24) is 4.90 Å². The van der Waals surface area contributed by atoms with Gasteiger partial charge in [-0.2, -0.15) is 0 Å². The van der Waals surface area contributed by atoms with Crippen LogP contribution in [0.4, 0.5) is 0 Å². The number of rotatable bonds is 8. The minimum Gasteiger partial charge on any atom is -0.381 e. The lowest BCUT2D eigenvalue weighted by Crippen LogP contribution is -2.60. The third-order valence-electron chi connectivity index (χ3n) is 4.97. The first-order valence-corrected chi connectivity index (χ1v) is 8.13. The van der Waals surface area contributed by atoms with Crippen LogP contribution in [0.25, 0.3) is 0 Å². The number of unbranched alkanes of at least 4 members (excludes halogenated alkanes) is 1. The molecule has 0 spiro atoms. The van der Waals surface area contributed by atoms with Crippen molar-refractivity contribution in [3.8, 4) is 0 Å². The van der Waals surface area contributed by atoms with E-state index in [1.54, 1.807) is 0 Å². The van der Waals surface area contributed by atoms with E-state index in [0.29, 0.717) is 12.1 Å². The first kappa shape index (κ1) is 16.9. The summed E-state index contributed by atoms with van der Waals surface area (Å²) in [5.41, 5.74) is 6.39. The molecule has 19 heavy (non-hydrogen) atoms. The van der Waals surface area contributed by atoms with Crippen molar-refractivity contribution in [1.29, 1.82) is 0 Å². The average molecular weight is 270 g/mol. The molecule has 1 rings (SSSR count). The molecule has 0 aromatic carbocycles. The Bertz CT molecular complexity index is 247. The first-order valence-electron chi connectivity index (χ1n) is 8.13. The van der Waals surface area contributed by atoms with E-state index in [-0.39, 0.29) is 5.54 Å². The topological polar surface area (TPSA) is 38.5 Å². The van der Waals surface area contributed by atoms with Crippen LogP contribution in [0.3, 0.4) is 0 Å². The van der Waals surface area contributed by atoms with Crippen LogP contribution in [-0.4, -0.2) is 42.8 Å². The number of nitrogens with two attached hydrogens (primary N) is 1. The molecule has 3 unspecified atom stereocenters. The average Bonchev–Trinajstić information content (AvgIpc) is 2.47. The van der Waals surface area contributed by atoms with E-state index in [2.05, 4.69) is 25.7 Å². The van der Waals surface area contributed by atoms with Gasteiger partial charge in [0.05, 0.1) is 6.10 Å². The summed E-state index contributed by atoms with van der Waals surface area (Å²) in [6, 6.07) is 0.616. The zero-order valence-corrected chi connectivity index (χ0v) is 13.5. The molecule has 0 heterocycles. The van der Waals surface area contributed by atoms with E-state index in [1.165, 1.54) is 45.1 Å². The molecule has 2 N–H and O–H groups in total. The Hall–Kier alpha value is -0.120. The van der Waals surface area contributed by atoms with Crippen LogP contribution < -0.4 is 5.73 Å². The van der Waals surface area contributed by atoms with Gasteiger partial charge in [-0.05, 0) is 52.0 Å². The number of hydrogen-bond acceptors (Lipinski definition) is 3. The fourth-order valence-electron chi connectivity index (χ4n) is 3.53. The van der Waals surface area contributed by atoms with Gasteiger partial charge in [0.15, 0.2) is 0 Å². The van der Waals surface area contributed by atoms with Crippen LogP contribution in [0.5, 0.6) is 0 Å². The molecule has 3 nitrogen and oxygen atoms in total. The molecule has 0 saturated heterocycles. The van der Waals surface area contributed by atoms with Gasteiger partial charge < -0.3 is 10.5 Å². The molecule has 0 amide bonds. The smallest absolute Gasteiger partial charge is 0.0589 e. The number of ether oxygens (including phenoxy) is 1. The van der Waals surface area contributed by atoms with E-state index < -0.39 is 0 Å². The highest BCUT2D eigenvalue weighted by atomic mass is 16.5. The molecule has 0 aliphatic heterocycles. The standard InChI is InChI=1S/C16H34N2O/c1-5-7-11-18(14(3)6-2)16(13-17)10-8-9-15(12-16)19-4/h14-15H,5-13,17H2,1-4H3. The predicted octanol–water partition coefficient (Wildman–Crippen LogP) is 3.17. The van der Waals surface area contributed by atoms with Crippen molar-refractivity contribution in [2.24, 2.45) is 5.73 Å². The second kappa shape index (κ2) is 8.23. The lowest BCUT2D eigenvalue weighted by atomic mass is 9.77. The van der Waals surface area contributed by atoms with Gasteiger partial charge in [-0.3, -0.25) is 4.90 Å². The molecule has 3 atom stereocenters. The number of hydrogen-bond donors (Lipinski definition) is 1. The summed E-state index contributed by atoms with van der Waals surface area (Å²) in [6.45, 7) is 8.84. The van der Waals surface area contributed by atoms with Gasteiger partial charge in [-0.15, -0.1) is 0 Å². The van der Waals surface area contributed by atoms with Crippen LogP contribution in [0.1, 0.15) is 65.7 Å². The minimum absolute atomic E-state index is 0.170. The largest absolute Gasteiger partial charge is 0.381 e. The van der Waals surface area contributed by atoms with Gasteiger partial charge >= 0.3 is 0 Å². The molecule has 1 fully saturated rings. The predicted molar refractivity (Wildman–Crippen MR) is 82.4 cm³/mol. The Labute approximate surface area is 119 Å². The van der Waals surface area contributed by atoms with Crippen molar-refractivity contribution >= 4 is 0 Å². The Morgan fingerprint density at radius 3 is 2.68 bits per heavy atom. The summed E-state index contributed by atoms with van der Waals surface area (Å²) in [4.78, 5) is 2.70. The van der Waals surface area contributed by atoms with Crippen LogP contribution in [0, 0.1) is 0 Å². The quantitative estimate of drug-likeness (QED) is 0.736. The zero-order valence-electron chi connectivity index (χ0n) is 13.5. The molecular formula is C16H34N2O. The van der Waals surface area contributed by atoms with Crippen LogP contribution in [-0.2, 0) is 4.74 Å². The molecule has 1 saturated carbocycles. The molecule has 1 aliphatic carbocycles. The maximum atomic E-state index is 6.22. The third-order valence-corrected chi connectivity index (χ3v) is 4.97. The lowest BCUT2D eigenvalue weighted by molar-refractivity contribution is -0.0387. The second-order valence-corrected chi connectivity index (χ2v) is 6.19. The maximum Gasteiger partial charge on any atom is 0.0589 e. The van der Waals surface area contributed by atoms with Gasteiger partial charge in [0, 0.05) is 25.2 Å². The van der Waals surface area contributed by atoms with Crippen molar-refractivity contribution in [2.75, 3.05) is 20.2 Å². The lowest BCUT2D eigenvalue weighted by Gasteiger charge is -2.50. The second-order valence-electron chi connectivity index (χ2n) is 6.19. The third kappa shape index (κ3) is 4.17. The van der Waals surface area contributed by atoms with E-state index in [4.69, 9.17) is 10.5 Å². The summed E-state index contributed by atoms with van der Waals surface area (Å²) in [6.07, 6.45) is 8.89. The molecule has 1 aliphatic rings. The molecule has 0 bridgehead atoms. The molecule has 0 aromatic heterocycles. The van der Waals surface area contributed by atoms with Gasteiger partial charge in [0.1, 0.15) is 0 Å². The van der Waals surface area contributed by atoms with Crippen molar-refractivity contribution in [3.05, 3.63) is 0 Å². The number of methoxy groups -OCH3 is 1. The Morgan fingerprint density at radius 2 is 2.16 bits per heavy atom. The zero-order chi connectivity index (χ0) is 14.3. The summed E-state index contributed by atoms with van der Waals surface area (Å²) >= 11 is 0. The van der Waals surface area contributed by atoms with E-state index in [1.807, 2.05) is 7.11 Å². The Kier molecular flexibility index (Phi) is 7.33. The summed E-state index contributed by atoms with van der Waals surface area (Å²) in [7, 11) is 1.84. The van der Waals surface area contributed by atoms with E-state index >= 15 is 0 Å². The highest BCUT2D eigenvalue weighted by Gasteiger charge is 2.41. The van der Waals surface area contributed by atoms with Crippen LogP contribution in [0.2, 0.25) is 0 Å². The van der Waals surface area contributed by atoms with E-state index in [9.17, 15) is 0 Å². The molecular weight excluding hydrogens is 236 g/mol. The van der Waals surface area contributed by atoms with Gasteiger partial charge in [0.2, 0.25) is 0 Å². The van der Waals surface area contributed by atoms with Gasteiger partial charge in [0.25, 0.3) is 0 Å². The molecule has 3 heteroatoms. The monoisotopic (exact) mass is 270 g/mol. The summed E-state index contributed by atoms with van der Waals surface area (Å²) in [5.74, 6) is 0. The van der Waals surface area contributed by atoms with Crippen LogP contribution >= 0.6 is 0 Å². The van der Waals surface area contributed by atoms with Crippen molar-refractivity contribution in [3.63, 3.8) is 0 Å². The molecule has 0 aromatic rings. The highest BCUT2D eigenvalue weighted by Crippen LogP contribution is 2.36. The highest BCUT2D eigenvalue weighted by molar-refractivity contribution is 4.98. The van der Waals surface area contributed by atoms with Gasteiger partial charge in [-0.1, -0.05) is 20.3 Å². The Balaban J connectivity index is 2.85. The van der Waals surface area contributed by atoms with Crippen molar-refractivity contribution in [2.45, 2.75) is 83.4 Å². The van der Waals surface area contributed by atoms with Gasteiger partial charge in [-0.25, -0.2) is 0 Å². The molecule has 114 valence electrons. The first-order chi connectivity index (χ1) is 9.13. The van der Waals surface area contributed by atoms with Crippen LogP contribution in [0.15, 0.2) is 0 Å². The Morgan fingerprint density at radius 1 is 1.42 bits per heavy atom. The van der Waals surface area contributed by atoms with E-state index in [0.717, 1.165) is 13.0 Å². The SMILES string of the molecule is CCCCN(C(C)CC)C1(CN)CCCC(OC)C1. The summed E-state index contributed by atoms with van der Waals surface area (Å²) in [5, 5.41) is 0. The fourth-order valence-corrected chi connectivity index (χ4v) is 3.53. The molecule has 0 radical (unpaired) electrons.